The molecule has 0 bridgehead atoms. The van der Waals surface area contributed by atoms with Crippen molar-refractivity contribution < 1.29 is 8.78 Å². The van der Waals surface area contributed by atoms with Crippen molar-refractivity contribution in [3.63, 3.8) is 0 Å². The molecule has 0 nitrogen and oxygen atoms in total. The van der Waals surface area contributed by atoms with E-state index in [4.69, 9.17) is 0 Å². The fraction of sp³-hybridized carbons (Fsp3) is 1.00. The van der Waals surface area contributed by atoms with Crippen molar-refractivity contribution in [1.29, 1.82) is 0 Å². The summed E-state index contributed by atoms with van der Waals surface area (Å²) in [5, 5.41) is 0. The summed E-state index contributed by atoms with van der Waals surface area (Å²) in [5.74, 6) is -1.83. The molecule has 0 saturated heterocycles. The first-order valence-electron chi connectivity index (χ1n) is 4.30. The smallest absolute Gasteiger partial charge is 0.207 e. The third kappa shape index (κ3) is 2.80. The molecule has 0 unspecified atom stereocenters. The lowest BCUT2D eigenvalue weighted by Crippen LogP contribution is -2.24. The van der Waals surface area contributed by atoms with Crippen molar-refractivity contribution in [2.24, 2.45) is 5.92 Å². The average molecular weight is 159 g/mol. The Morgan fingerprint density at radius 3 is 2.36 bits per heavy atom. The van der Waals surface area contributed by atoms with E-state index in [9.17, 15) is 8.78 Å². The predicted molar refractivity (Wildman–Crippen MR) is 43.3 cm³/mol. The predicted octanol–water partition coefficient (Wildman–Crippen LogP) is 2.98. The topological polar surface area (TPSA) is 0 Å². The van der Waals surface area contributed by atoms with Gasteiger partial charge in [-0.05, 0) is 18.8 Å². The summed E-state index contributed by atoms with van der Waals surface area (Å²) in [5.41, 5.74) is 0. The molecular weight excluding hydrogens is 145 g/mol. The average Bonchev–Trinajstić information content (AvgIpc) is 1.94. The van der Waals surface area contributed by atoms with Gasteiger partial charge in [0.05, 0.1) is 0 Å². The first-order valence-corrected chi connectivity index (χ1v) is 4.30. The molecule has 0 spiro atoms. The van der Waals surface area contributed by atoms with Crippen LogP contribution in [0.15, 0.2) is 0 Å². The minimum absolute atomic E-state index is 0.103. The van der Waals surface area contributed by atoms with Crippen molar-refractivity contribution >= 4 is 7.28 Å². The number of halogens is 2. The summed E-state index contributed by atoms with van der Waals surface area (Å²) in [6.45, 7) is 1.99. The van der Waals surface area contributed by atoms with Crippen LogP contribution in [0, 0.1) is 5.92 Å². The zero-order valence-electron chi connectivity index (χ0n) is 6.95. The summed E-state index contributed by atoms with van der Waals surface area (Å²) in [7, 11) is 2.08. The molecule has 0 heterocycles. The molecule has 0 aromatic carbocycles. The molecule has 1 radical (unpaired) electrons. The van der Waals surface area contributed by atoms with Gasteiger partial charge in [-0.3, -0.25) is 0 Å². The summed E-state index contributed by atoms with van der Waals surface area (Å²) in [6, 6.07) is 0. The molecule has 11 heavy (non-hydrogen) atoms. The molecule has 1 aliphatic carbocycles. The van der Waals surface area contributed by atoms with Gasteiger partial charge in [0, 0.05) is 12.8 Å². The van der Waals surface area contributed by atoms with Crippen LogP contribution in [0.2, 0.25) is 13.1 Å². The Labute approximate surface area is 67.6 Å². The van der Waals surface area contributed by atoms with Crippen LogP contribution in [0.5, 0.6) is 0 Å². The third-order valence-corrected chi connectivity index (χ3v) is 2.41. The lowest BCUT2D eigenvalue weighted by molar-refractivity contribution is -0.0438. The molecule has 0 aliphatic heterocycles. The largest absolute Gasteiger partial charge is 0.248 e. The minimum atomic E-state index is -2.36. The maximum atomic E-state index is 12.6. The van der Waals surface area contributed by atoms with Gasteiger partial charge in [0.1, 0.15) is 7.28 Å². The first-order chi connectivity index (χ1) is 5.14. The zero-order valence-corrected chi connectivity index (χ0v) is 6.95. The molecule has 1 fully saturated rings. The Morgan fingerprint density at radius 2 is 1.91 bits per heavy atom. The monoisotopic (exact) mass is 159 g/mol. The number of rotatable bonds is 2. The first kappa shape index (κ1) is 9.02. The van der Waals surface area contributed by atoms with Gasteiger partial charge in [-0.25, -0.2) is 8.78 Å². The normalized spacial score (nSPS) is 25.0. The van der Waals surface area contributed by atoms with Crippen LogP contribution in [0.25, 0.3) is 0 Å². The number of hydrogen-bond donors (Lipinski definition) is 0. The van der Waals surface area contributed by atoms with Crippen molar-refractivity contribution in [3.05, 3.63) is 0 Å². The standard InChI is InChI=1S/C8H14BF2/c1-9-6-7-2-4-8(10,11)5-3-7/h7H,2-6H2,1H3. The number of hydrogen-bond acceptors (Lipinski definition) is 0. The molecule has 0 aromatic rings. The van der Waals surface area contributed by atoms with E-state index in [1.54, 1.807) is 0 Å². The second-order valence-corrected chi connectivity index (χ2v) is 3.44. The van der Waals surface area contributed by atoms with Gasteiger partial charge in [0.2, 0.25) is 5.92 Å². The molecule has 63 valence electrons. The van der Waals surface area contributed by atoms with Gasteiger partial charge >= 0.3 is 0 Å². The highest BCUT2D eigenvalue weighted by atomic mass is 19.3. The van der Waals surface area contributed by atoms with Crippen molar-refractivity contribution in [1.82, 2.24) is 0 Å². The summed E-state index contributed by atoms with van der Waals surface area (Å²) in [4.78, 5) is 0. The SMILES string of the molecule is C[B]CC1CCC(F)(F)CC1. The Hall–Kier alpha value is -0.0751. The van der Waals surface area contributed by atoms with E-state index in [2.05, 4.69) is 7.28 Å². The Kier molecular flexibility index (Phi) is 2.91. The molecule has 0 aromatic heterocycles. The highest BCUT2D eigenvalue weighted by molar-refractivity contribution is 6.33. The Morgan fingerprint density at radius 1 is 1.36 bits per heavy atom. The maximum Gasteiger partial charge on any atom is 0.248 e. The molecule has 1 rings (SSSR count). The van der Waals surface area contributed by atoms with Crippen LogP contribution in [0.4, 0.5) is 8.78 Å². The van der Waals surface area contributed by atoms with E-state index in [0.29, 0.717) is 18.8 Å². The van der Waals surface area contributed by atoms with Crippen LogP contribution < -0.4 is 0 Å². The van der Waals surface area contributed by atoms with E-state index in [-0.39, 0.29) is 12.8 Å². The van der Waals surface area contributed by atoms with E-state index in [1.165, 1.54) is 0 Å². The minimum Gasteiger partial charge on any atom is -0.207 e. The maximum absolute atomic E-state index is 12.6. The van der Waals surface area contributed by atoms with Crippen LogP contribution in [-0.2, 0) is 0 Å². The van der Waals surface area contributed by atoms with Crippen molar-refractivity contribution in [2.45, 2.75) is 44.7 Å². The molecule has 0 atom stereocenters. The molecular formula is C8H14BF2. The van der Waals surface area contributed by atoms with Crippen LogP contribution >= 0.6 is 0 Å². The molecule has 1 aliphatic rings. The third-order valence-electron chi connectivity index (χ3n) is 2.41. The highest BCUT2D eigenvalue weighted by Crippen LogP contribution is 2.37. The molecule has 1 saturated carbocycles. The van der Waals surface area contributed by atoms with Crippen LogP contribution in [-0.4, -0.2) is 13.2 Å². The van der Waals surface area contributed by atoms with Crippen LogP contribution in [0.1, 0.15) is 25.7 Å². The van der Waals surface area contributed by atoms with Gasteiger partial charge < -0.3 is 0 Å². The van der Waals surface area contributed by atoms with Crippen molar-refractivity contribution in [3.8, 4) is 0 Å². The molecule has 0 amide bonds. The summed E-state index contributed by atoms with van der Waals surface area (Å²) < 4.78 is 25.2. The quantitative estimate of drug-likeness (QED) is 0.543. The number of alkyl halides is 2. The van der Waals surface area contributed by atoms with Gasteiger partial charge in [0.25, 0.3) is 0 Å². The summed E-state index contributed by atoms with van der Waals surface area (Å²) >= 11 is 0. The van der Waals surface area contributed by atoms with Gasteiger partial charge in [-0.1, -0.05) is 13.1 Å². The van der Waals surface area contributed by atoms with Crippen LogP contribution in [0.3, 0.4) is 0 Å². The van der Waals surface area contributed by atoms with E-state index >= 15 is 0 Å². The second kappa shape index (κ2) is 3.55. The van der Waals surface area contributed by atoms with Gasteiger partial charge in [-0.2, -0.15) is 0 Å². The summed E-state index contributed by atoms with van der Waals surface area (Å²) in [6.07, 6.45) is 2.63. The zero-order chi connectivity index (χ0) is 8.32. The lowest BCUT2D eigenvalue weighted by Gasteiger charge is -2.27. The fourth-order valence-electron chi connectivity index (χ4n) is 1.67. The second-order valence-electron chi connectivity index (χ2n) is 3.44. The lowest BCUT2D eigenvalue weighted by atomic mass is 9.68. The highest BCUT2D eigenvalue weighted by Gasteiger charge is 2.34. The van der Waals surface area contributed by atoms with Gasteiger partial charge in [-0.15, -0.1) is 0 Å². The van der Waals surface area contributed by atoms with Gasteiger partial charge in [0.15, 0.2) is 0 Å². The van der Waals surface area contributed by atoms with E-state index < -0.39 is 5.92 Å². The Balaban J connectivity index is 2.25. The molecule has 0 N–H and O–H groups in total. The van der Waals surface area contributed by atoms with Crippen molar-refractivity contribution in [2.75, 3.05) is 0 Å². The van der Waals surface area contributed by atoms with E-state index in [1.807, 2.05) is 6.82 Å². The van der Waals surface area contributed by atoms with E-state index in [0.717, 1.165) is 6.32 Å². The Bertz CT molecular complexity index is 115. The fourth-order valence-corrected chi connectivity index (χ4v) is 1.67. The molecule has 3 heteroatoms.